The maximum Gasteiger partial charge on any atom is 0.183 e. The van der Waals surface area contributed by atoms with Crippen molar-refractivity contribution in [2.75, 3.05) is 6.61 Å². The number of hydrogen-bond acceptors (Lipinski definition) is 2. The number of benzene rings is 1. The van der Waals surface area contributed by atoms with Gasteiger partial charge >= 0.3 is 0 Å². The third-order valence-corrected chi connectivity index (χ3v) is 4.70. The minimum Gasteiger partial charge on any atom is -0.490 e. The predicted molar refractivity (Wildman–Crippen MR) is 113 cm³/mol. The van der Waals surface area contributed by atoms with E-state index >= 15 is 0 Å². The minimum atomic E-state index is -0.574. The second kappa shape index (κ2) is 11.4. The molecule has 0 spiro atoms. The lowest BCUT2D eigenvalue weighted by Crippen LogP contribution is -2.05. The highest BCUT2D eigenvalue weighted by Crippen LogP contribution is 2.24. The third-order valence-electron chi connectivity index (χ3n) is 3.80. The molecule has 0 bridgehead atoms. The molecule has 2 heterocycles. The topological polar surface area (TPSA) is 42.9 Å². The first-order valence-electron chi connectivity index (χ1n) is 8.88. The fourth-order valence-electron chi connectivity index (χ4n) is 2.47. The van der Waals surface area contributed by atoms with Crippen LogP contribution in [0.3, 0.4) is 0 Å². The van der Waals surface area contributed by atoms with E-state index in [0.717, 1.165) is 19.5 Å². The van der Waals surface area contributed by atoms with Gasteiger partial charge < -0.3 is 13.9 Å². The highest BCUT2D eigenvalue weighted by atomic mass is 127. The van der Waals surface area contributed by atoms with E-state index in [1.807, 2.05) is 57.8 Å². The zero-order valence-corrected chi connectivity index (χ0v) is 17.5. The summed E-state index contributed by atoms with van der Waals surface area (Å²) in [5, 5.41) is 8.87. The number of aryl methyl sites for hydroxylation is 2. The molecule has 0 saturated carbocycles. The van der Waals surface area contributed by atoms with E-state index in [9.17, 15) is 4.39 Å². The predicted octanol–water partition coefficient (Wildman–Crippen LogP) is 5.47. The van der Waals surface area contributed by atoms with Gasteiger partial charge in [0.1, 0.15) is 11.6 Å². The van der Waals surface area contributed by atoms with E-state index < -0.39 is 5.82 Å². The molecule has 142 valence electrons. The van der Waals surface area contributed by atoms with Gasteiger partial charge in [0.15, 0.2) is 11.6 Å². The summed E-state index contributed by atoms with van der Waals surface area (Å²) in [6.45, 7) is 4.57. The van der Waals surface area contributed by atoms with Gasteiger partial charge in [-0.25, -0.2) is 4.39 Å². The molecular weight excluding hydrogens is 456 g/mol. The highest BCUT2D eigenvalue weighted by molar-refractivity contribution is 14.1. The quantitative estimate of drug-likeness (QED) is 0.333. The zero-order chi connectivity index (χ0) is 19.5. The average Bonchev–Trinajstić information content (AvgIpc) is 3.36. The Morgan fingerprint density at radius 2 is 1.63 bits per heavy atom. The Kier molecular flexibility index (Phi) is 8.92. The van der Waals surface area contributed by atoms with Crippen molar-refractivity contribution in [3.05, 3.63) is 76.1 Å². The van der Waals surface area contributed by atoms with Crippen LogP contribution in [0.4, 0.5) is 4.39 Å². The van der Waals surface area contributed by atoms with Crippen molar-refractivity contribution < 1.29 is 9.13 Å². The summed E-state index contributed by atoms with van der Waals surface area (Å²) in [4.78, 5) is 0. The van der Waals surface area contributed by atoms with Crippen molar-refractivity contribution in [1.29, 1.82) is 5.26 Å². The molecule has 0 aliphatic heterocycles. The molecule has 1 aromatic carbocycles. The van der Waals surface area contributed by atoms with E-state index in [-0.39, 0.29) is 11.3 Å². The highest BCUT2D eigenvalue weighted by Gasteiger charge is 2.12. The molecule has 4 nitrogen and oxygen atoms in total. The van der Waals surface area contributed by atoms with Crippen LogP contribution in [0.25, 0.3) is 0 Å². The Bertz CT molecular complexity index is 839. The van der Waals surface area contributed by atoms with Crippen LogP contribution >= 0.6 is 22.6 Å². The first kappa shape index (κ1) is 21.0. The second-order valence-corrected chi connectivity index (χ2v) is 7.05. The van der Waals surface area contributed by atoms with Gasteiger partial charge in [0.05, 0.1) is 6.61 Å². The number of nitriles is 1. The van der Waals surface area contributed by atoms with Gasteiger partial charge in [0.2, 0.25) is 0 Å². The minimum absolute atomic E-state index is 0.0449. The molecule has 0 atom stereocenters. The maximum atomic E-state index is 13.9. The molecule has 0 amide bonds. The fraction of sp³-hybridized carbons (Fsp3) is 0.286. The summed E-state index contributed by atoms with van der Waals surface area (Å²) in [5.41, 5.74) is 0.0449. The van der Waals surface area contributed by atoms with Crippen LogP contribution < -0.4 is 4.74 Å². The normalized spacial score (nSPS) is 10.0. The molecular formula is C21H23FIN3O. The Balaban J connectivity index is 0.000000273. The van der Waals surface area contributed by atoms with Crippen molar-refractivity contribution in [1.82, 2.24) is 9.13 Å². The molecule has 27 heavy (non-hydrogen) atoms. The Morgan fingerprint density at radius 3 is 2.19 bits per heavy atom. The van der Waals surface area contributed by atoms with Gasteiger partial charge in [-0.1, -0.05) is 6.92 Å². The van der Waals surface area contributed by atoms with Crippen LogP contribution in [0.2, 0.25) is 0 Å². The average molecular weight is 479 g/mol. The van der Waals surface area contributed by atoms with Crippen LogP contribution in [0.15, 0.2) is 61.2 Å². The lowest BCUT2D eigenvalue weighted by atomic mass is 10.2. The van der Waals surface area contributed by atoms with Gasteiger partial charge in [-0.15, -0.1) is 0 Å². The smallest absolute Gasteiger partial charge is 0.183 e. The number of aromatic nitrogens is 2. The van der Waals surface area contributed by atoms with Crippen LogP contribution in [0.5, 0.6) is 5.75 Å². The molecule has 0 unspecified atom stereocenters. The standard InChI is InChI=1S/C14H12FIN2O.C7H11N/c15-14-11(10-17)12(16)4-5-13(14)19-9-3-8-18-6-1-2-7-18;1-2-5-8-6-3-4-7-8/h1-2,4-7H,3,8-9H2;3-4,6-7H,2,5H2,1H3. The van der Waals surface area contributed by atoms with E-state index in [0.29, 0.717) is 10.2 Å². The first-order chi connectivity index (χ1) is 13.2. The number of nitrogens with zero attached hydrogens (tertiary/aromatic N) is 3. The van der Waals surface area contributed by atoms with Gasteiger partial charge in [-0.05, 0) is 71.8 Å². The number of rotatable bonds is 7. The van der Waals surface area contributed by atoms with Crippen LogP contribution in [0, 0.1) is 20.7 Å². The van der Waals surface area contributed by atoms with Gasteiger partial charge in [0, 0.05) is 41.4 Å². The van der Waals surface area contributed by atoms with Gasteiger partial charge in [-0.3, -0.25) is 0 Å². The number of ether oxygens (including phenoxy) is 1. The van der Waals surface area contributed by atoms with Crippen molar-refractivity contribution in [2.45, 2.75) is 32.9 Å². The SMILES string of the molecule is CCCn1cccc1.N#Cc1c(I)ccc(OCCCn2cccc2)c1F. The summed E-state index contributed by atoms with van der Waals surface area (Å²) in [6, 6.07) is 13.1. The molecule has 0 fully saturated rings. The van der Waals surface area contributed by atoms with E-state index in [2.05, 4.69) is 36.0 Å². The number of halogens is 2. The summed E-state index contributed by atoms with van der Waals surface area (Å²) in [6.07, 6.45) is 10.1. The van der Waals surface area contributed by atoms with Crippen LogP contribution in [-0.4, -0.2) is 15.7 Å². The Morgan fingerprint density at radius 1 is 1.04 bits per heavy atom. The molecule has 6 heteroatoms. The Hall–Kier alpha value is -2.27. The lowest BCUT2D eigenvalue weighted by molar-refractivity contribution is 0.287. The zero-order valence-electron chi connectivity index (χ0n) is 15.3. The molecule has 3 aromatic rings. The van der Waals surface area contributed by atoms with Crippen LogP contribution in [-0.2, 0) is 13.1 Å². The first-order valence-corrected chi connectivity index (χ1v) is 9.96. The fourth-order valence-corrected chi connectivity index (χ4v) is 3.01. The second-order valence-electron chi connectivity index (χ2n) is 5.89. The molecule has 0 aliphatic carbocycles. The molecule has 0 saturated heterocycles. The summed E-state index contributed by atoms with van der Waals surface area (Å²) >= 11 is 1.93. The van der Waals surface area contributed by atoms with E-state index in [4.69, 9.17) is 10.00 Å². The maximum absolute atomic E-state index is 13.9. The van der Waals surface area contributed by atoms with Crippen molar-refractivity contribution in [3.8, 4) is 11.8 Å². The summed E-state index contributed by atoms with van der Waals surface area (Å²) < 4.78 is 24.1. The van der Waals surface area contributed by atoms with E-state index in [1.165, 1.54) is 6.42 Å². The molecule has 2 aromatic heterocycles. The summed E-state index contributed by atoms with van der Waals surface area (Å²) in [7, 11) is 0. The van der Waals surface area contributed by atoms with Crippen LogP contribution in [0.1, 0.15) is 25.3 Å². The number of hydrogen-bond donors (Lipinski definition) is 0. The monoisotopic (exact) mass is 479 g/mol. The lowest BCUT2D eigenvalue weighted by Gasteiger charge is -2.09. The van der Waals surface area contributed by atoms with Gasteiger partial charge in [0.25, 0.3) is 0 Å². The van der Waals surface area contributed by atoms with Crippen molar-refractivity contribution >= 4 is 22.6 Å². The third kappa shape index (κ3) is 6.75. The van der Waals surface area contributed by atoms with Crippen molar-refractivity contribution in [3.63, 3.8) is 0 Å². The van der Waals surface area contributed by atoms with Gasteiger partial charge in [-0.2, -0.15) is 5.26 Å². The molecule has 0 aliphatic rings. The molecule has 3 rings (SSSR count). The Labute approximate surface area is 173 Å². The largest absolute Gasteiger partial charge is 0.490 e. The molecule has 0 radical (unpaired) electrons. The van der Waals surface area contributed by atoms with Crippen molar-refractivity contribution in [2.24, 2.45) is 0 Å². The van der Waals surface area contributed by atoms with E-state index in [1.54, 1.807) is 12.1 Å². The molecule has 0 N–H and O–H groups in total. The summed E-state index contributed by atoms with van der Waals surface area (Å²) in [5.74, 6) is -0.431.